The summed E-state index contributed by atoms with van der Waals surface area (Å²) in [5.74, 6) is 0. The lowest BCUT2D eigenvalue weighted by atomic mass is 9.80. The molecule has 5 nitrogen and oxygen atoms in total. The Morgan fingerprint density at radius 2 is 2.00 bits per heavy atom. The molecule has 1 heterocycles. The highest BCUT2D eigenvalue weighted by molar-refractivity contribution is 6.62. The van der Waals surface area contributed by atoms with E-state index in [9.17, 15) is 14.8 Å². The lowest BCUT2D eigenvalue weighted by Crippen LogP contribution is -2.30. The molecular weight excluding hydrogens is 280 g/mol. The third-order valence-corrected chi connectivity index (χ3v) is 2.90. The monoisotopic (exact) mass is 295 g/mol. The van der Waals surface area contributed by atoms with Crippen molar-refractivity contribution >= 4 is 41.2 Å². The number of nitrogens with zero attached hydrogens (tertiary/aromatic N) is 1. The van der Waals surface area contributed by atoms with Crippen LogP contribution in [0.15, 0.2) is 24.4 Å². The topological polar surface area (TPSA) is 71.7 Å². The van der Waals surface area contributed by atoms with E-state index < -0.39 is 18.8 Å². The average molecular weight is 296 g/mol. The highest BCUT2D eigenvalue weighted by Gasteiger charge is 2.24. The van der Waals surface area contributed by atoms with Gasteiger partial charge in [-0.1, -0.05) is 17.7 Å². The summed E-state index contributed by atoms with van der Waals surface area (Å²) in [6.07, 6.45) is 0.747. The van der Waals surface area contributed by atoms with Crippen molar-refractivity contribution in [3.8, 4) is 0 Å². The molecule has 0 radical (unpaired) electrons. The summed E-state index contributed by atoms with van der Waals surface area (Å²) in [5.41, 5.74) is 0.0434. The Kier molecular flexibility index (Phi) is 3.82. The first-order valence-corrected chi connectivity index (χ1v) is 6.47. The number of benzene rings is 1. The van der Waals surface area contributed by atoms with E-state index in [1.165, 1.54) is 10.8 Å². The van der Waals surface area contributed by atoms with Gasteiger partial charge >= 0.3 is 13.2 Å². The van der Waals surface area contributed by atoms with Crippen LogP contribution in [0.5, 0.6) is 0 Å². The Balaban J connectivity index is 2.58. The average Bonchev–Trinajstić information content (AvgIpc) is 2.65. The Morgan fingerprint density at radius 3 is 2.55 bits per heavy atom. The molecule has 0 aliphatic rings. The summed E-state index contributed by atoms with van der Waals surface area (Å²) in [6.45, 7) is 5.27. The van der Waals surface area contributed by atoms with Gasteiger partial charge in [-0.15, -0.1) is 0 Å². The van der Waals surface area contributed by atoms with Crippen LogP contribution in [0.4, 0.5) is 4.79 Å². The first kappa shape index (κ1) is 14.9. The lowest BCUT2D eigenvalue weighted by molar-refractivity contribution is 0.0544. The van der Waals surface area contributed by atoms with Crippen LogP contribution < -0.4 is 5.46 Å². The molecule has 0 atom stereocenters. The summed E-state index contributed by atoms with van der Waals surface area (Å²) < 4.78 is 6.51. The summed E-state index contributed by atoms with van der Waals surface area (Å²) >= 11 is 5.93. The van der Waals surface area contributed by atoms with Gasteiger partial charge in [-0.3, -0.25) is 4.57 Å². The van der Waals surface area contributed by atoms with Gasteiger partial charge in [0.05, 0.1) is 5.52 Å². The van der Waals surface area contributed by atoms with Crippen LogP contribution in [0.1, 0.15) is 20.8 Å². The molecule has 0 bridgehead atoms. The Labute approximate surface area is 121 Å². The van der Waals surface area contributed by atoms with Crippen molar-refractivity contribution in [3.63, 3.8) is 0 Å². The van der Waals surface area contributed by atoms with Crippen LogP contribution in [0.3, 0.4) is 0 Å². The minimum Gasteiger partial charge on any atom is -0.443 e. The molecule has 0 aliphatic heterocycles. The number of ether oxygens (including phenoxy) is 1. The molecule has 106 valence electrons. The number of hydrogen-bond donors (Lipinski definition) is 2. The predicted octanol–water partition coefficient (Wildman–Crippen LogP) is 1.76. The standard InChI is InChI=1S/C13H15BClNO4/c1-13(2,3)20-12(17)16-7-10(14(18)19)9-5-4-8(15)6-11(9)16/h4-7,18-19H,1-3H3. The van der Waals surface area contributed by atoms with Gasteiger partial charge in [-0.25, -0.2) is 4.79 Å². The van der Waals surface area contributed by atoms with Crippen molar-refractivity contribution in [2.45, 2.75) is 26.4 Å². The number of carbonyl (C=O) groups is 1. The molecule has 1 aromatic carbocycles. The second kappa shape index (κ2) is 5.12. The molecule has 2 N–H and O–H groups in total. The molecule has 0 aliphatic carbocycles. The number of aromatic nitrogens is 1. The molecule has 0 amide bonds. The molecule has 0 saturated heterocycles. The normalized spacial score (nSPS) is 11.7. The van der Waals surface area contributed by atoms with E-state index >= 15 is 0 Å². The minimum absolute atomic E-state index is 0.225. The van der Waals surface area contributed by atoms with E-state index in [0.717, 1.165) is 0 Å². The second-order valence-corrected chi connectivity index (χ2v) is 5.91. The van der Waals surface area contributed by atoms with Crippen LogP contribution in [-0.4, -0.2) is 33.4 Å². The number of fused-ring (bicyclic) bond motifs is 1. The molecule has 2 aromatic rings. The van der Waals surface area contributed by atoms with Gasteiger partial charge in [-0.05, 0) is 32.9 Å². The molecule has 2 rings (SSSR count). The molecule has 0 fully saturated rings. The van der Waals surface area contributed by atoms with Crippen molar-refractivity contribution in [3.05, 3.63) is 29.4 Å². The fourth-order valence-electron chi connectivity index (χ4n) is 1.89. The largest absolute Gasteiger partial charge is 0.490 e. The maximum Gasteiger partial charge on any atom is 0.490 e. The van der Waals surface area contributed by atoms with Gasteiger partial charge in [-0.2, -0.15) is 0 Å². The zero-order chi connectivity index (χ0) is 15.1. The fraction of sp³-hybridized carbons (Fsp3) is 0.308. The maximum absolute atomic E-state index is 12.2. The Hall–Kier alpha value is -1.50. The molecule has 20 heavy (non-hydrogen) atoms. The lowest BCUT2D eigenvalue weighted by Gasteiger charge is -2.19. The van der Waals surface area contributed by atoms with Gasteiger partial charge in [0.15, 0.2) is 0 Å². The van der Waals surface area contributed by atoms with Crippen LogP contribution >= 0.6 is 11.6 Å². The summed E-state index contributed by atoms with van der Waals surface area (Å²) in [5, 5.41) is 19.7. The van der Waals surface area contributed by atoms with Gasteiger partial charge < -0.3 is 14.8 Å². The van der Waals surface area contributed by atoms with Crippen molar-refractivity contribution < 1.29 is 19.6 Å². The number of rotatable bonds is 1. The van der Waals surface area contributed by atoms with E-state index in [1.807, 2.05) is 0 Å². The van der Waals surface area contributed by atoms with Gasteiger partial charge in [0.1, 0.15) is 5.60 Å². The van der Waals surface area contributed by atoms with Crippen LogP contribution in [-0.2, 0) is 4.74 Å². The quantitative estimate of drug-likeness (QED) is 0.786. The number of hydrogen-bond acceptors (Lipinski definition) is 4. The Bertz CT molecular complexity index is 660. The second-order valence-electron chi connectivity index (χ2n) is 5.47. The van der Waals surface area contributed by atoms with Gasteiger partial charge in [0.25, 0.3) is 0 Å². The van der Waals surface area contributed by atoms with Crippen LogP contribution in [0.2, 0.25) is 5.02 Å². The molecule has 0 unspecified atom stereocenters. The van der Waals surface area contributed by atoms with E-state index in [4.69, 9.17) is 16.3 Å². The fourth-order valence-corrected chi connectivity index (χ4v) is 2.06. The summed E-state index contributed by atoms with van der Waals surface area (Å²) in [6, 6.07) is 4.83. The zero-order valence-corrected chi connectivity index (χ0v) is 12.2. The van der Waals surface area contributed by atoms with Crippen molar-refractivity contribution in [1.82, 2.24) is 4.57 Å². The maximum atomic E-state index is 12.2. The molecule has 0 saturated carbocycles. The van der Waals surface area contributed by atoms with Gasteiger partial charge in [0, 0.05) is 22.1 Å². The van der Waals surface area contributed by atoms with Crippen molar-refractivity contribution in [2.24, 2.45) is 0 Å². The highest BCUT2D eigenvalue weighted by atomic mass is 35.5. The van der Waals surface area contributed by atoms with Crippen molar-refractivity contribution in [2.75, 3.05) is 0 Å². The Morgan fingerprint density at radius 1 is 1.35 bits per heavy atom. The van der Waals surface area contributed by atoms with Gasteiger partial charge in [0.2, 0.25) is 0 Å². The molecular formula is C13H15BClNO4. The molecule has 0 spiro atoms. The third kappa shape index (κ3) is 2.98. The van der Waals surface area contributed by atoms with E-state index in [0.29, 0.717) is 15.9 Å². The molecule has 1 aromatic heterocycles. The first-order valence-electron chi connectivity index (χ1n) is 6.09. The number of carbonyl (C=O) groups excluding carboxylic acids is 1. The van der Waals surface area contributed by atoms with Crippen LogP contribution in [0, 0.1) is 0 Å². The highest BCUT2D eigenvalue weighted by Crippen LogP contribution is 2.21. The van der Waals surface area contributed by atoms with E-state index in [-0.39, 0.29) is 5.46 Å². The SMILES string of the molecule is CC(C)(C)OC(=O)n1cc(B(O)O)c2ccc(Cl)cc21. The third-order valence-electron chi connectivity index (χ3n) is 2.67. The molecule has 7 heteroatoms. The smallest absolute Gasteiger partial charge is 0.443 e. The van der Waals surface area contributed by atoms with E-state index in [2.05, 4.69) is 0 Å². The van der Waals surface area contributed by atoms with E-state index in [1.54, 1.807) is 39.0 Å². The zero-order valence-electron chi connectivity index (χ0n) is 11.4. The number of halogens is 1. The summed E-state index contributed by atoms with van der Waals surface area (Å²) in [7, 11) is -1.68. The first-order chi connectivity index (χ1) is 9.19. The minimum atomic E-state index is -1.68. The van der Waals surface area contributed by atoms with Crippen LogP contribution in [0.25, 0.3) is 10.9 Å². The predicted molar refractivity (Wildman–Crippen MR) is 78.4 cm³/mol. The summed E-state index contributed by atoms with van der Waals surface area (Å²) in [4.78, 5) is 12.2. The van der Waals surface area contributed by atoms with Crippen molar-refractivity contribution in [1.29, 1.82) is 0 Å².